The Morgan fingerprint density at radius 2 is 1.80 bits per heavy atom. The molecule has 5 heteroatoms. The van der Waals surface area contributed by atoms with Gasteiger partial charge in [0.05, 0.1) is 5.75 Å². The van der Waals surface area contributed by atoms with Crippen molar-refractivity contribution in [1.29, 1.82) is 0 Å². The van der Waals surface area contributed by atoms with Gasteiger partial charge in [0.2, 0.25) is 10.0 Å². The molecule has 0 unspecified atom stereocenters. The average Bonchev–Trinajstić information content (AvgIpc) is 2.45. The van der Waals surface area contributed by atoms with Crippen LogP contribution in [0.25, 0.3) is 0 Å². The fraction of sp³-hybridized carbons (Fsp3) is 0.600. The van der Waals surface area contributed by atoms with E-state index in [9.17, 15) is 8.42 Å². The molecule has 1 rings (SSSR count). The maximum Gasteiger partial charge on any atom is 0.214 e. The largest absolute Gasteiger partial charge is 0.317 e. The number of nitrogens with zero attached hydrogens (tertiary/aromatic N) is 1. The minimum Gasteiger partial charge on any atom is -0.317 e. The number of benzene rings is 1. The first-order valence-corrected chi connectivity index (χ1v) is 8.93. The summed E-state index contributed by atoms with van der Waals surface area (Å²) >= 11 is 0. The molecule has 0 amide bonds. The molecule has 0 aliphatic rings. The number of hydrogen-bond acceptors (Lipinski definition) is 3. The molecule has 0 bridgehead atoms. The Balaban J connectivity index is 2.50. The highest BCUT2D eigenvalue weighted by molar-refractivity contribution is 7.89. The number of rotatable bonds is 10. The van der Waals surface area contributed by atoms with Crippen LogP contribution in [0.5, 0.6) is 0 Å². The van der Waals surface area contributed by atoms with E-state index in [1.165, 1.54) is 0 Å². The third kappa shape index (κ3) is 6.03. The second kappa shape index (κ2) is 9.10. The summed E-state index contributed by atoms with van der Waals surface area (Å²) < 4.78 is 26.2. The van der Waals surface area contributed by atoms with Crippen LogP contribution in [0.3, 0.4) is 0 Å². The molecule has 0 spiro atoms. The minimum atomic E-state index is -3.16. The van der Waals surface area contributed by atoms with Crippen molar-refractivity contribution in [3.05, 3.63) is 35.9 Å². The highest BCUT2D eigenvalue weighted by Gasteiger charge is 2.19. The van der Waals surface area contributed by atoms with Crippen LogP contribution in [0.15, 0.2) is 30.3 Å². The molecule has 114 valence electrons. The van der Waals surface area contributed by atoms with Gasteiger partial charge in [0.25, 0.3) is 0 Å². The van der Waals surface area contributed by atoms with E-state index >= 15 is 0 Å². The first kappa shape index (κ1) is 17.1. The second-order valence-corrected chi connectivity index (χ2v) is 6.92. The molecule has 0 saturated heterocycles. The van der Waals surface area contributed by atoms with Gasteiger partial charge >= 0.3 is 0 Å². The molecule has 1 N–H and O–H groups in total. The van der Waals surface area contributed by atoms with E-state index in [0.29, 0.717) is 19.5 Å². The summed E-state index contributed by atoms with van der Waals surface area (Å²) in [5, 5.41) is 3.23. The summed E-state index contributed by atoms with van der Waals surface area (Å²) in [6.45, 7) is 6.66. The number of sulfonamides is 1. The van der Waals surface area contributed by atoms with E-state index in [1.807, 2.05) is 37.3 Å². The Hall–Kier alpha value is -0.910. The molecule has 20 heavy (non-hydrogen) atoms. The van der Waals surface area contributed by atoms with E-state index in [2.05, 4.69) is 12.2 Å². The molecule has 0 saturated carbocycles. The quantitative estimate of drug-likeness (QED) is 0.674. The molecule has 0 heterocycles. The Kier molecular flexibility index (Phi) is 7.80. The van der Waals surface area contributed by atoms with Crippen LogP contribution in [0.4, 0.5) is 0 Å². The molecule has 1 aromatic carbocycles. The molecule has 0 atom stereocenters. The van der Waals surface area contributed by atoms with Gasteiger partial charge in [-0.25, -0.2) is 8.42 Å². The zero-order valence-electron chi connectivity index (χ0n) is 12.5. The van der Waals surface area contributed by atoms with Gasteiger partial charge in [-0.05, 0) is 31.5 Å². The second-order valence-electron chi connectivity index (χ2n) is 4.83. The smallest absolute Gasteiger partial charge is 0.214 e. The monoisotopic (exact) mass is 298 g/mol. The van der Waals surface area contributed by atoms with Crippen LogP contribution in [0.2, 0.25) is 0 Å². The zero-order chi connectivity index (χ0) is 14.8. The van der Waals surface area contributed by atoms with Gasteiger partial charge in [0, 0.05) is 13.1 Å². The van der Waals surface area contributed by atoms with Crippen molar-refractivity contribution in [1.82, 2.24) is 9.62 Å². The molecule has 0 aromatic heterocycles. The molecule has 4 nitrogen and oxygen atoms in total. The molecule has 0 radical (unpaired) electrons. The molecule has 0 fully saturated rings. The average molecular weight is 298 g/mol. The topological polar surface area (TPSA) is 49.4 Å². The normalized spacial score (nSPS) is 11.9. The van der Waals surface area contributed by atoms with Gasteiger partial charge in [-0.15, -0.1) is 0 Å². The molecule has 0 aliphatic carbocycles. The van der Waals surface area contributed by atoms with Gasteiger partial charge in [-0.2, -0.15) is 4.31 Å². The summed E-state index contributed by atoms with van der Waals surface area (Å²) in [5.74, 6) is 0.213. The summed E-state index contributed by atoms with van der Waals surface area (Å²) in [4.78, 5) is 0. The maximum atomic E-state index is 12.3. The lowest BCUT2D eigenvalue weighted by Gasteiger charge is -2.20. The molecule has 1 aromatic rings. The SMILES string of the molecule is CCCNCCCS(=O)(=O)N(CC)Cc1ccccc1. The molecular weight excluding hydrogens is 272 g/mol. The lowest BCUT2D eigenvalue weighted by atomic mass is 10.2. The van der Waals surface area contributed by atoms with Crippen molar-refractivity contribution in [2.24, 2.45) is 0 Å². The van der Waals surface area contributed by atoms with Crippen LogP contribution < -0.4 is 5.32 Å². The third-order valence-corrected chi connectivity index (χ3v) is 5.11. The van der Waals surface area contributed by atoms with Gasteiger partial charge in [0.15, 0.2) is 0 Å². The highest BCUT2D eigenvalue weighted by atomic mass is 32.2. The van der Waals surface area contributed by atoms with E-state index in [1.54, 1.807) is 4.31 Å². The third-order valence-electron chi connectivity index (χ3n) is 3.13. The van der Waals surface area contributed by atoms with Crippen molar-refractivity contribution >= 4 is 10.0 Å². The van der Waals surface area contributed by atoms with Gasteiger partial charge in [-0.1, -0.05) is 44.2 Å². The van der Waals surface area contributed by atoms with Crippen molar-refractivity contribution in [3.63, 3.8) is 0 Å². The molecule has 0 aliphatic heterocycles. The lowest BCUT2D eigenvalue weighted by molar-refractivity contribution is 0.422. The van der Waals surface area contributed by atoms with E-state index < -0.39 is 10.0 Å². The van der Waals surface area contributed by atoms with Crippen LogP contribution in [-0.4, -0.2) is 38.1 Å². The zero-order valence-corrected chi connectivity index (χ0v) is 13.3. The van der Waals surface area contributed by atoms with Crippen molar-refractivity contribution in [2.75, 3.05) is 25.4 Å². The minimum absolute atomic E-state index is 0.213. The first-order chi connectivity index (χ1) is 9.60. The van der Waals surface area contributed by atoms with Crippen molar-refractivity contribution in [3.8, 4) is 0 Å². The van der Waals surface area contributed by atoms with Crippen LogP contribution >= 0.6 is 0 Å². The van der Waals surface area contributed by atoms with Crippen molar-refractivity contribution in [2.45, 2.75) is 33.2 Å². The van der Waals surface area contributed by atoms with Crippen LogP contribution in [-0.2, 0) is 16.6 Å². The van der Waals surface area contributed by atoms with E-state index in [-0.39, 0.29) is 5.75 Å². The van der Waals surface area contributed by atoms with Crippen LogP contribution in [0, 0.1) is 0 Å². The fourth-order valence-corrected chi connectivity index (χ4v) is 3.51. The maximum absolute atomic E-state index is 12.3. The molecular formula is C15H26N2O2S. The summed E-state index contributed by atoms with van der Waals surface area (Å²) in [6.07, 6.45) is 1.73. The van der Waals surface area contributed by atoms with Crippen molar-refractivity contribution < 1.29 is 8.42 Å². The summed E-state index contributed by atoms with van der Waals surface area (Å²) in [5.41, 5.74) is 1.03. The van der Waals surface area contributed by atoms with Crippen LogP contribution in [0.1, 0.15) is 32.3 Å². The Bertz CT molecular complexity index is 460. The number of nitrogens with one attached hydrogen (secondary N) is 1. The Morgan fingerprint density at radius 3 is 2.40 bits per heavy atom. The fourth-order valence-electron chi connectivity index (χ4n) is 2.00. The summed E-state index contributed by atoms with van der Waals surface area (Å²) in [7, 11) is -3.16. The standard InChI is InChI=1S/C15H26N2O2S/c1-3-11-16-12-8-13-20(18,19)17(4-2)14-15-9-6-5-7-10-15/h5-7,9-10,16H,3-4,8,11-14H2,1-2H3. The highest BCUT2D eigenvalue weighted by Crippen LogP contribution is 2.10. The predicted molar refractivity (Wildman–Crippen MR) is 84.1 cm³/mol. The first-order valence-electron chi connectivity index (χ1n) is 7.32. The van der Waals surface area contributed by atoms with E-state index in [4.69, 9.17) is 0 Å². The van der Waals surface area contributed by atoms with Gasteiger partial charge < -0.3 is 5.32 Å². The van der Waals surface area contributed by atoms with E-state index in [0.717, 1.165) is 25.1 Å². The predicted octanol–water partition coefficient (Wildman–Crippen LogP) is 2.23. The lowest BCUT2D eigenvalue weighted by Crippen LogP contribution is -2.33. The Morgan fingerprint density at radius 1 is 1.10 bits per heavy atom. The summed E-state index contributed by atoms with van der Waals surface area (Å²) in [6, 6.07) is 9.73. The van der Waals surface area contributed by atoms with Gasteiger partial charge in [0.1, 0.15) is 0 Å². The number of hydrogen-bond donors (Lipinski definition) is 1. The Labute approximate surface area is 123 Å². The van der Waals surface area contributed by atoms with Gasteiger partial charge in [-0.3, -0.25) is 0 Å².